The molecule has 3 aliphatic heterocycles. The largest absolute Gasteiger partial charge is 0.466 e. The molecule has 9 nitrogen and oxygen atoms in total. The number of rotatable bonds is 6. The van der Waals surface area contributed by atoms with Crippen LogP contribution in [0.25, 0.3) is 0 Å². The van der Waals surface area contributed by atoms with Gasteiger partial charge in [0.2, 0.25) is 5.91 Å². The number of nitro benzene ring substituents is 1. The van der Waals surface area contributed by atoms with Gasteiger partial charge in [-0.15, -0.1) is 0 Å². The molecule has 2 aromatic carbocycles. The number of amides is 1. The summed E-state index contributed by atoms with van der Waals surface area (Å²) in [4.78, 5) is 44.0. The van der Waals surface area contributed by atoms with Gasteiger partial charge >= 0.3 is 5.97 Å². The van der Waals surface area contributed by atoms with Crippen molar-refractivity contribution in [3.8, 4) is 0 Å². The van der Waals surface area contributed by atoms with Crippen LogP contribution in [-0.2, 0) is 27.3 Å². The lowest BCUT2D eigenvalue weighted by atomic mass is 9.82. The van der Waals surface area contributed by atoms with Gasteiger partial charge in [0.25, 0.3) is 5.69 Å². The van der Waals surface area contributed by atoms with Crippen LogP contribution < -0.4 is 4.90 Å². The number of ether oxygens (including phenoxy) is 1. The zero-order valence-corrected chi connectivity index (χ0v) is 21.3. The molecule has 0 aromatic heterocycles. The van der Waals surface area contributed by atoms with Gasteiger partial charge < -0.3 is 14.5 Å². The second-order valence-electron chi connectivity index (χ2n) is 10.2. The van der Waals surface area contributed by atoms with E-state index in [1.54, 1.807) is 19.1 Å². The van der Waals surface area contributed by atoms with Crippen molar-refractivity contribution >= 4 is 23.3 Å². The summed E-state index contributed by atoms with van der Waals surface area (Å²) in [6.07, 6.45) is 1.94. The van der Waals surface area contributed by atoms with E-state index in [1.807, 2.05) is 29.2 Å². The number of benzene rings is 2. The van der Waals surface area contributed by atoms with Gasteiger partial charge in [-0.25, -0.2) is 0 Å². The fourth-order valence-electron chi connectivity index (χ4n) is 6.12. The lowest BCUT2D eigenvalue weighted by Crippen LogP contribution is -2.61. The lowest BCUT2D eigenvalue weighted by molar-refractivity contribution is -0.384. The van der Waals surface area contributed by atoms with Crippen LogP contribution in [-0.4, -0.2) is 72.0 Å². The summed E-state index contributed by atoms with van der Waals surface area (Å²) in [7, 11) is 0. The maximum Gasteiger partial charge on any atom is 0.310 e. The van der Waals surface area contributed by atoms with Gasteiger partial charge in [0.05, 0.1) is 29.4 Å². The summed E-state index contributed by atoms with van der Waals surface area (Å²) in [6, 6.07) is 15.3. The van der Waals surface area contributed by atoms with Crippen LogP contribution >= 0.6 is 0 Å². The summed E-state index contributed by atoms with van der Waals surface area (Å²) < 4.78 is 5.24. The fraction of sp³-hybridized carbons (Fsp3) is 0.500. The van der Waals surface area contributed by atoms with E-state index in [9.17, 15) is 19.7 Å². The predicted molar refractivity (Wildman–Crippen MR) is 139 cm³/mol. The summed E-state index contributed by atoms with van der Waals surface area (Å²) in [6.45, 7) is 6.25. The van der Waals surface area contributed by atoms with Gasteiger partial charge in [0.15, 0.2) is 0 Å². The van der Waals surface area contributed by atoms with E-state index in [2.05, 4.69) is 21.9 Å². The number of hydrogen-bond acceptors (Lipinski definition) is 7. The minimum atomic E-state index is -0.379. The molecule has 2 fully saturated rings. The Morgan fingerprint density at radius 1 is 1.08 bits per heavy atom. The molecule has 3 aliphatic rings. The summed E-state index contributed by atoms with van der Waals surface area (Å²) in [5, 5.41) is 11.5. The quantitative estimate of drug-likeness (QED) is 0.337. The minimum absolute atomic E-state index is 0.0303. The highest BCUT2D eigenvalue weighted by Gasteiger charge is 2.44. The molecule has 2 aromatic rings. The number of likely N-dealkylation sites (tertiary alicyclic amines) is 1. The number of carbonyl (C=O) groups excluding carboxylic acids is 2. The molecule has 3 heterocycles. The molecule has 0 spiro atoms. The minimum Gasteiger partial charge on any atom is -0.466 e. The Hall–Kier alpha value is -3.46. The maximum atomic E-state index is 14.0. The number of anilines is 1. The zero-order chi connectivity index (χ0) is 25.9. The van der Waals surface area contributed by atoms with E-state index in [0.717, 1.165) is 50.3 Å². The molecular weight excluding hydrogens is 472 g/mol. The first-order valence-corrected chi connectivity index (χ1v) is 13.2. The fourth-order valence-corrected chi connectivity index (χ4v) is 6.12. The van der Waals surface area contributed by atoms with Crippen molar-refractivity contribution in [1.29, 1.82) is 0 Å². The van der Waals surface area contributed by atoms with Gasteiger partial charge in [0, 0.05) is 57.1 Å². The number of esters is 1. The Bertz CT molecular complexity index is 1160. The summed E-state index contributed by atoms with van der Waals surface area (Å²) in [5.41, 5.74) is 3.12. The molecule has 0 bridgehead atoms. The SMILES string of the molecule is CCOC(=O)C1CCCN(C(=O)C2Cc3cc([N+](=O)[O-])ccc3N3CCN(Cc4ccccc4)CC23)C1. The number of hydrogen-bond donors (Lipinski definition) is 0. The van der Waals surface area contributed by atoms with Crippen molar-refractivity contribution in [2.45, 2.75) is 38.8 Å². The van der Waals surface area contributed by atoms with Crippen LogP contribution in [0, 0.1) is 22.0 Å². The van der Waals surface area contributed by atoms with E-state index in [4.69, 9.17) is 4.74 Å². The molecule has 37 heavy (non-hydrogen) atoms. The number of piperidine rings is 1. The molecule has 0 aliphatic carbocycles. The van der Waals surface area contributed by atoms with Crippen molar-refractivity contribution in [2.24, 2.45) is 11.8 Å². The third kappa shape index (κ3) is 5.32. The Morgan fingerprint density at radius 2 is 1.89 bits per heavy atom. The van der Waals surface area contributed by atoms with Gasteiger partial charge in [0.1, 0.15) is 0 Å². The molecule has 1 amide bonds. The van der Waals surface area contributed by atoms with Crippen molar-refractivity contribution < 1.29 is 19.2 Å². The molecule has 5 rings (SSSR count). The van der Waals surface area contributed by atoms with Gasteiger partial charge in [-0.05, 0) is 43.4 Å². The number of piperazine rings is 1. The van der Waals surface area contributed by atoms with Crippen molar-refractivity contribution in [2.75, 3.05) is 44.2 Å². The monoisotopic (exact) mass is 506 g/mol. The average molecular weight is 507 g/mol. The first-order valence-electron chi connectivity index (χ1n) is 13.2. The molecule has 2 saturated heterocycles. The molecule has 3 unspecified atom stereocenters. The third-order valence-electron chi connectivity index (χ3n) is 7.91. The molecule has 3 atom stereocenters. The van der Waals surface area contributed by atoms with Crippen LogP contribution in [0.4, 0.5) is 11.4 Å². The normalized spacial score (nSPS) is 23.6. The number of nitrogens with zero attached hydrogens (tertiary/aromatic N) is 4. The van der Waals surface area contributed by atoms with E-state index in [0.29, 0.717) is 26.1 Å². The van der Waals surface area contributed by atoms with E-state index in [1.165, 1.54) is 5.56 Å². The summed E-state index contributed by atoms with van der Waals surface area (Å²) >= 11 is 0. The lowest BCUT2D eigenvalue weighted by Gasteiger charge is -2.50. The standard InChI is InChI=1S/C28H34N4O5/c1-2-37-28(34)21-9-6-12-30(18-21)27(33)24-16-22-15-23(32(35)36)10-11-25(22)31-14-13-29(19-26(24)31)17-20-7-4-3-5-8-20/h3-5,7-8,10-11,15,21,24,26H,2,6,9,12-14,16-19H2,1H3. The first-order chi connectivity index (χ1) is 17.9. The topological polar surface area (TPSA) is 96.2 Å². The highest BCUT2D eigenvalue weighted by atomic mass is 16.6. The highest BCUT2D eigenvalue weighted by Crippen LogP contribution is 2.39. The van der Waals surface area contributed by atoms with Crippen molar-refractivity contribution in [1.82, 2.24) is 9.80 Å². The molecule has 196 valence electrons. The number of fused-ring (bicyclic) bond motifs is 3. The zero-order valence-electron chi connectivity index (χ0n) is 21.3. The highest BCUT2D eigenvalue weighted by molar-refractivity contribution is 5.83. The van der Waals surface area contributed by atoms with Crippen LogP contribution in [0.3, 0.4) is 0 Å². The average Bonchev–Trinajstić information content (AvgIpc) is 2.92. The second kappa shape index (κ2) is 10.9. The Labute approximate surface area is 217 Å². The third-order valence-corrected chi connectivity index (χ3v) is 7.91. The van der Waals surface area contributed by atoms with Gasteiger partial charge in [-0.1, -0.05) is 30.3 Å². The van der Waals surface area contributed by atoms with E-state index in [-0.39, 0.29) is 40.4 Å². The Morgan fingerprint density at radius 3 is 2.65 bits per heavy atom. The first kappa shape index (κ1) is 25.2. The smallest absolute Gasteiger partial charge is 0.310 e. The van der Waals surface area contributed by atoms with Crippen molar-refractivity contribution in [3.05, 3.63) is 69.8 Å². The number of nitro groups is 1. The molecular formula is C28H34N4O5. The van der Waals surface area contributed by atoms with Crippen LogP contribution in [0.2, 0.25) is 0 Å². The van der Waals surface area contributed by atoms with Crippen LogP contribution in [0.1, 0.15) is 30.9 Å². The van der Waals surface area contributed by atoms with Crippen LogP contribution in [0.5, 0.6) is 0 Å². The van der Waals surface area contributed by atoms with Gasteiger partial charge in [-0.3, -0.25) is 24.6 Å². The maximum absolute atomic E-state index is 14.0. The van der Waals surface area contributed by atoms with E-state index >= 15 is 0 Å². The second-order valence-corrected chi connectivity index (χ2v) is 10.2. The van der Waals surface area contributed by atoms with Gasteiger partial charge in [-0.2, -0.15) is 0 Å². The van der Waals surface area contributed by atoms with Crippen molar-refractivity contribution in [3.63, 3.8) is 0 Å². The number of carbonyl (C=O) groups is 2. The number of non-ortho nitro benzene ring substituents is 1. The summed E-state index contributed by atoms with van der Waals surface area (Å²) in [5.74, 6) is -0.846. The van der Waals surface area contributed by atoms with E-state index < -0.39 is 0 Å². The van der Waals surface area contributed by atoms with Crippen LogP contribution in [0.15, 0.2) is 48.5 Å². The molecule has 0 saturated carbocycles. The molecule has 9 heteroatoms. The molecule has 0 N–H and O–H groups in total. The Kier molecular flexibility index (Phi) is 7.41. The predicted octanol–water partition coefficient (Wildman–Crippen LogP) is 3.26. The molecule has 0 radical (unpaired) electrons. The Balaban J connectivity index is 1.41.